The third kappa shape index (κ3) is 4.28. The lowest BCUT2D eigenvalue weighted by atomic mass is 10.1. The predicted octanol–water partition coefficient (Wildman–Crippen LogP) is 6.33. The van der Waals surface area contributed by atoms with Crippen molar-refractivity contribution in [2.24, 2.45) is 0 Å². The van der Waals surface area contributed by atoms with Crippen LogP contribution in [-0.2, 0) is 9.36 Å². The zero-order valence-electron chi connectivity index (χ0n) is 18.4. The molecule has 3 aromatic rings. The number of hydrogen-bond donors (Lipinski definition) is 0. The monoisotopic (exact) mass is 523 g/mol. The van der Waals surface area contributed by atoms with Crippen LogP contribution >= 0.6 is 23.4 Å². The Morgan fingerprint density at radius 1 is 0.697 bits per heavy atom. The minimum Gasteiger partial charge on any atom is -0.304 e. The molecule has 2 aliphatic heterocycles. The van der Waals surface area contributed by atoms with Crippen LogP contribution in [0, 0.1) is 0 Å². The number of ketones is 1. The number of halogens is 1. The smallest absolute Gasteiger partial charge is 0.284 e. The van der Waals surface area contributed by atoms with Crippen LogP contribution < -0.4 is 9.34 Å². The summed E-state index contributed by atoms with van der Waals surface area (Å²) in [6.45, 7) is 2.59. The molecule has 0 spiro atoms. The van der Waals surface area contributed by atoms with Gasteiger partial charge in [-0.1, -0.05) is 64.5 Å². The molecular formula is C26H27BrN3O2P. The zero-order chi connectivity index (χ0) is 22.8. The summed E-state index contributed by atoms with van der Waals surface area (Å²) in [5.74, 6) is -0.0630. The van der Waals surface area contributed by atoms with E-state index in [0.717, 1.165) is 21.4 Å². The van der Waals surface area contributed by atoms with Crippen LogP contribution in [-0.4, -0.2) is 36.9 Å². The van der Waals surface area contributed by atoms with Gasteiger partial charge in [0.25, 0.3) is 7.44 Å². The van der Waals surface area contributed by atoms with Gasteiger partial charge in [-0.3, -0.25) is 14.3 Å². The van der Waals surface area contributed by atoms with Crippen molar-refractivity contribution in [3.05, 3.63) is 95.0 Å². The van der Waals surface area contributed by atoms with Crippen LogP contribution in [0.1, 0.15) is 24.2 Å². The largest absolute Gasteiger partial charge is 0.304 e. The van der Waals surface area contributed by atoms with Gasteiger partial charge in [-0.25, -0.2) is 0 Å². The summed E-state index contributed by atoms with van der Waals surface area (Å²) >= 11 is 3.54. The molecule has 33 heavy (non-hydrogen) atoms. The quantitative estimate of drug-likeness (QED) is 0.365. The molecule has 7 heteroatoms. The molecule has 2 saturated heterocycles. The lowest BCUT2D eigenvalue weighted by Gasteiger charge is -2.44. The van der Waals surface area contributed by atoms with E-state index < -0.39 is 7.44 Å². The maximum Gasteiger partial charge on any atom is 0.284 e. The fourth-order valence-corrected chi connectivity index (χ4v) is 8.88. The van der Waals surface area contributed by atoms with Crippen molar-refractivity contribution in [1.29, 1.82) is 0 Å². The number of piperidine rings is 1. The molecule has 2 heterocycles. The average Bonchev–Trinajstić information content (AvgIpc) is 3.20. The minimum absolute atomic E-state index is 0.283. The van der Waals surface area contributed by atoms with E-state index in [0.29, 0.717) is 39.0 Å². The highest BCUT2D eigenvalue weighted by molar-refractivity contribution is 9.10. The number of rotatable bonds is 5. The normalized spacial score (nSPS) is 19.6. The second kappa shape index (κ2) is 9.46. The van der Waals surface area contributed by atoms with Crippen molar-refractivity contribution in [1.82, 2.24) is 4.90 Å². The lowest BCUT2D eigenvalue weighted by Crippen LogP contribution is -2.40. The molecule has 3 aromatic carbocycles. The van der Waals surface area contributed by atoms with Gasteiger partial charge >= 0.3 is 0 Å². The first kappa shape index (κ1) is 22.4. The fourth-order valence-electron chi connectivity index (χ4n) is 4.93. The first-order valence-electron chi connectivity index (χ1n) is 11.3. The summed E-state index contributed by atoms with van der Waals surface area (Å²) < 4.78 is 20.8. The molecule has 2 fully saturated rings. The van der Waals surface area contributed by atoms with Gasteiger partial charge in [0.1, 0.15) is 11.6 Å². The Hall–Kier alpha value is -2.40. The first-order valence-corrected chi connectivity index (χ1v) is 13.8. The predicted molar refractivity (Wildman–Crippen MR) is 138 cm³/mol. The van der Waals surface area contributed by atoms with Crippen molar-refractivity contribution >= 4 is 40.5 Å². The Morgan fingerprint density at radius 3 is 1.67 bits per heavy atom. The van der Waals surface area contributed by atoms with E-state index in [9.17, 15) is 4.79 Å². The molecule has 0 saturated carbocycles. The van der Waals surface area contributed by atoms with Crippen LogP contribution in [0.5, 0.6) is 0 Å². The number of likely N-dealkylation sites (tertiary alicyclic amines) is 1. The van der Waals surface area contributed by atoms with Gasteiger partial charge in [-0.15, -0.1) is 0 Å². The summed E-state index contributed by atoms with van der Waals surface area (Å²) in [6, 6.07) is 28.3. The molecule has 5 rings (SSSR count). The van der Waals surface area contributed by atoms with Crippen LogP contribution in [0.15, 0.2) is 89.4 Å². The van der Waals surface area contributed by atoms with Crippen molar-refractivity contribution in [2.45, 2.75) is 18.6 Å². The third-order valence-corrected chi connectivity index (χ3v) is 10.5. The van der Waals surface area contributed by atoms with Crippen LogP contribution in [0.3, 0.4) is 0 Å². The number of anilines is 2. The topological polar surface area (TPSA) is 43.9 Å². The molecular weight excluding hydrogens is 497 g/mol. The summed E-state index contributed by atoms with van der Waals surface area (Å²) in [5.41, 5.74) is 2.95. The van der Waals surface area contributed by atoms with Gasteiger partial charge in [0.05, 0.1) is 0 Å². The van der Waals surface area contributed by atoms with E-state index in [1.165, 1.54) is 0 Å². The SMILES string of the molecule is O=C1CCN(C(c2ccc(Br)cc2)P2(=O)N(c3ccccc3)CCN2c2ccccc2)CC1. The number of para-hydroxylation sites is 2. The van der Waals surface area contributed by atoms with E-state index in [2.05, 4.69) is 42.3 Å². The van der Waals surface area contributed by atoms with Crippen molar-refractivity contribution < 1.29 is 9.36 Å². The van der Waals surface area contributed by atoms with E-state index in [4.69, 9.17) is 0 Å². The Bertz CT molecular complexity index is 1100. The average molecular weight is 524 g/mol. The molecule has 1 atom stereocenters. The van der Waals surface area contributed by atoms with Crippen molar-refractivity contribution in [2.75, 3.05) is 35.5 Å². The van der Waals surface area contributed by atoms with E-state index in [-0.39, 0.29) is 11.6 Å². The number of hydrogen-bond acceptors (Lipinski definition) is 3. The van der Waals surface area contributed by atoms with Gasteiger partial charge in [-0.05, 0) is 42.0 Å². The van der Waals surface area contributed by atoms with E-state index in [1.807, 2.05) is 72.8 Å². The third-order valence-electron chi connectivity index (χ3n) is 6.51. The van der Waals surface area contributed by atoms with Crippen LogP contribution in [0.4, 0.5) is 11.4 Å². The molecule has 0 radical (unpaired) electrons. The maximum absolute atomic E-state index is 15.6. The summed E-state index contributed by atoms with van der Waals surface area (Å²) in [6.07, 6.45) is 1.01. The van der Waals surface area contributed by atoms with Gasteiger partial charge < -0.3 is 9.34 Å². The lowest BCUT2D eigenvalue weighted by molar-refractivity contribution is -0.121. The Labute approximate surface area is 203 Å². The molecule has 0 amide bonds. The molecule has 0 aliphatic carbocycles. The van der Waals surface area contributed by atoms with Crippen LogP contribution in [0.25, 0.3) is 0 Å². The molecule has 5 nitrogen and oxygen atoms in total. The minimum atomic E-state index is -3.20. The van der Waals surface area contributed by atoms with E-state index >= 15 is 4.57 Å². The van der Waals surface area contributed by atoms with Gasteiger partial charge in [0.2, 0.25) is 0 Å². The highest BCUT2D eigenvalue weighted by Gasteiger charge is 2.52. The Balaban J connectivity index is 1.68. The summed E-state index contributed by atoms with van der Waals surface area (Å²) in [5, 5.41) is 0. The molecule has 1 unspecified atom stereocenters. The van der Waals surface area contributed by atoms with Crippen molar-refractivity contribution in [3.63, 3.8) is 0 Å². The highest BCUT2D eigenvalue weighted by Crippen LogP contribution is 2.69. The van der Waals surface area contributed by atoms with Gasteiger partial charge in [0, 0.05) is 54.9 Å². The molecule has 0 aromatic heterocycles. The number of carbonyl (C=O) groups is 1. The first-order chi connectivity index (χ1) is 16.1. The van der Waals surface area contributed by atoms with Gasteiger partial charge in [0.15, 0.2) is 0 Å². The van der Waals surface area contributed by atoms with Gasteiger partial charge in [-0.2, -0.15) is 0 Å². The summed E-state index contributed by atoms with van der Waals surface area (Å²) in [4.78, 5) is 14.3. The number of carbonyl (C=O) groups excluding carboxylic acids is 1. The zero-order valence-corrected chi connectivity index (χ0v) is 20.9. The Morgan fingerprint density at radius 2 is 1.18 bits per heavy atom. The second-order valence-electron chi connectivity index (χ2n) is 8.51. The highest BCUT2D eigenvalue weighted by atomic mass is 79.9. The molecule has 0 N–H and O–H groups in total. The van der Waals surface area contributed by atoms with Crippen molar-refractivity contribution in [3.8, 4) is 0 Å². The summed E-state index contributed by atoms with van der Waals surface area (Å²) in [7, 11) is -3.20. The maximum atomic E-state index is 15.6. The van der Waals surface area contributed by atoms with E-state index in [1.54, 1.807) is 0 Å². The number of benzene rings is 3. The van der Waals surface area contributed by atoms with Crippen LogP contribution in [0.2, 0.25) is 0 Å². The fraction of sp³-hybridized carbons (Fsp3) is 0.269. The standard InChI is InChI=1S/C26H27BrN3O2P/c27-22-13-11-21(12-14-22)26(28-17-15-25(31)16-18-28)33(32)29(23-7-3-1-4-8-23)19-20-30(33)24-9-5-2-6-10-24/h1-14,26H,15-20H2. The number of nitrogens with zero attached hydrogens (tertiary/aromatic N) is 3. The number of Topliss-reactive ketones (excluding diaryl/α,β-unsaturated/α-hetero) is 1. The Kier molecular flexibility index (Phi) is 6.42. The molecule has 0 bridgehead atoms. The molecule has 170 valence electrons. The molecule has 2 aliphatic rings. The second-order valence-corrected chi connectivity index (χ2v) is 12.1.